The number of thioether (sulfide) groups is 1. The second-order valence-electron chi connectivity index (χ2n) is 6.09. The standard InChI is InChI=1S/C17H28N2S/c1-15(2)12-18-13-16-5-3-6-17(11-16)14-19-7-4-9-20-10-8-19/h3,5-6,11,15,18H,4,7-10,12-14H2,1-2H3. The summed E-state index contributed by atoms with van der Waals surface area (Å²) in [5.41, 5.74) is 2.87. The van der Waals surface area contributed by atoms with Crippen LogP contribution in [0.25, 0.3) is 0 Å². The van der Waals surface area contributed by atoms with E-state index in [9.17, 15) is 0 Å². The number of nitrogens with one attached hydrogen (secondary N) is 1. The molecule has 1 fully saturated rings. The third kappa shape index (κ3) is 5.86. The summed E-state index contributed by atoms with van der Waals surface area (Å²) < 4.78 is 0. The van der Waals surface area contributed by atoms with Crippen molar-refractivity contribution in [3.05, 3.63) is 35.4 Å². The van der Waals surface area contributed by atoms with Gasteiger partial charge in [-0.1, -0.05) is 38.1 Å². The molecule has 0 bridgehead atoms. The van der Waals surface area contributed by atoms with Crippen LogP contribution in [0, 0.1) is 5.92 Å². The van der Waals surface area contributed by atoms with Gasteiger partial charge in [0.25, 0.3) is 0 Å². The maximum absolute atomic E-state index is 3.53. The molecule has 1 N–H and O–H groups in total. The Balaban J connectivity index is 1.84. The van der Waals surface area contributed by atoms with Gasteiger partial charge in [0.15, 0.2) is 0 Å². The van der Waals surface area contributed by atoms with Crippen LogP contribution in [0.4, 0.5) is 0 Å². The SMILES string of the molecule is CC(C)CNCc1cccc(CN2CCCSCC2)c1. The zero-order chi connectivity index (χ0) is 14.2. The maximum atomic E-state index is 3.53. The molecule has 0 radical (unpaired) electrons. The van der Waals surface area contributed by atoms with Crippen LogP contribution in [0.3, 0.4) is 0 Å². The van der Waals surface area contributed by atoms with Crippen molar-refractivity contribution in [1.82, 2.24) is 10.2 Å². The molecule has 2 rings (SSSR count). The molecule has 1 heterocycles. The minimum Gasteiger partial charge on any atom is -0.312 e. The molecular formula is C17H28N2S. The van der Waals surface area contributed by atoms with Crippen molar-refractivity contribution in [2.75, 3.05) is 31.1 Å². The van der Waals surface area contributed by atoms with Gasteiger partial charge in [0.2, 0.25) is 0 Å². The summed E-state index contributed by atoms with van der Waals surface area (Å²) in [5, 5.41) is 3.53. The van der Waals surface area contributed by atoms with Gasteiger partial charge in [0, 0.05) is 25.4 Å². The summed E-state index contributed by atoms with van der Waals surface area (Å²) in [6.45, 7) is 10.2. The molecule has 0 saturated carbocycles. The lowest BCUT2D eigenvalue weighted by Crippen LogP contribution is -2.25. The summed E-state index contributed by atoms with van der Waals surface area (Å²) in [4.78, 5) is 2.60. The molecular weight excluding hydrogens is 264 g/mol. The van der Waals surface area contributed by atoms with Crippen molar-refractivity contribution in [3.63, 3.8) is 0 Å². The first-order valence-electron chi connectivity index (χ1n) is 7.82. The fourth-order valence-corrected chi connectivity index (χ4v) is 3.48. The van der Waals surface area contributed by atoms with Crippen molar-refractivity contribution in [1.29, 1.82) is 0 Å². The van der Waals surface area contributed by atoms with Gasteiger partial charge in [-0.25, -0.2) is 0 Å². The lowest BCUT2D eigenvalue weighted by atomic mass is 10.1. The van der Waals surface area contributed by atoms with E-state index in [2.05, 4.69) is 60.1 Å². The smallest absolute Gasteiger partial charge is 0.0234 e. The number of rotatable bonds is 6. The Kier molecular flexibility index (Phi) is 6.91. The number of hydrogen-bond donors (Lipinski definition) is 1. The van der Waals surface area contributed by atoms with Crippen LogP contribution in [0.1, 0.15) is 31.4 Å². The Hall–Kier alpha value is -0.510. The number of benzene rings is 1. The highest BCUT2D eigenvalue weighted by molar-refractivity contribution is 7.99. The first kappa shape index (κ1) is 15.9. The largest absolute Gasteiger partial charge is 0.312 e. The second kappa shape index (κ2) is 8.71. The Bertz CT molecular complexity index is 384. The molecule has 0 aromatic heterocycles. The average Bonchev–Trinajstić information content (AvgIpc) is 2.67. The summed E-state index contributed by atoms with van der Waals surface area (Å²) in [6, 6.07) is 9.07. The van der Waals surface area contributed by atoms with E-state index in [1.54, 1.807) is 0 Å². The monoisotopic (exact) mass is 292 g/mol. The van der Waals surface area contributed by atoms with Gasteiger partial charge in [-0.15, -0.1) is 0 Å². The van der Waals surface area contributed by atoms with Gasteiger partial charge in [-0.05, 0) is 42.3 Å². The third-order valence-corrected chi connectivity index (χ3v) is 4.64. The van der Waals surface area contributed by atoms with Gasteiger partial charge in [-0.2, -0.15) is 11.8 Å². The molecule has 0 unspecified atom stereocenters. The minimum absolute atomic E-state index is 0.716. The highest BCUT2D eigenvalue weighted by Crippen LogP contribution is 2.14. The quantitative estimate of drug-likeness (QED) is 0.865. The third-order valence-electron chi connectivity index (χ3n) is 3.59. The fourth-order valence-electron chi connectivity index (χ4n) is 2.56. The topological polar surface area (TPSA) is 15.3 Å². The van der Waals surface area contributed by atoms with Crippen molar-refractivity contribution < 1.29 is 0 Å². The molecule has 0 aliphatic carbocycles. The molecule has 3 heteroatoms. The van der Waals surface area contributed by atoms with E-state index in [1.807, 2.05) is 0 Å². The minimum atomic E-state index is 0.716. The Morgan fingerprint density at radius 2 is 2.05 bits per heavy atom. The van der Waals surface area contributed by atoms with Crippen LogP contribution in [-0.4, -0.2) is 36.0 Å². The van der Waals surface area contributed by atoms with Gasteiger partial charge < -0.3 is 5.32 Å². The van der Waals surface area contributed by atoms with Crippen molar-refractivity contribution in [3.8, 4) is 0 Å². The molecule has 1 aromatic carbocycles. The molecule has 0 spiro atoms. The van der Waals surface area contributed by atoms with E-state index in [0.29, 0.717) is 5.92 Å². The zero-order valence-electron chi connectivity index (χ0n) is 12.9. The molecule has 1 aliphatic rings. The van der Waals surface area contributed by atoms with Crippen LogP contribution in [0.15, 0.2) is 24.3 Å². The summed E-state index contributed by atoms with van der Waals surface area (Å²) >= 11 is 2.10. The first-order chi connectivity index (χ1) is 9.74. The average molecular weight is 292 g/mol. The van der Waals surface area contributed by atoms with Gasteiger partial charge in [-0.3, -0.25) is 4.90 Å². The molecule has 0 atom stereocenters. The van der Waals surface area contributed by atoms with Gasteiger partial charge >= 0.3 is 0 Å². The van der Waals surface area contributed by atoms with E-state index >= 15 is 0 Å². The van der Waals surface area contributed by atoms with E-state index in [1.165, 1.54) is 42.1 Å². The molecule has 1 aromatic rings. The van der Waals surface area contributed by atoms with E-state index in [4.69, 9.17) is 0 Å². The normalized spacial score (nSPS) is 17.4. The van der Waals surface area contributed by atoms with Crippen LogP contribution < -0.4 is 5.32 Å². The number of hydrogen-bond acceptors (Lipinski definition) is 3. The predicted molar refractivity (Wildman–Crippen MR) is 90.2 cm³/mol. The van der Waals surface area contributed by atoms with Crippen LogP contribution in [0.5, 0.6) is 0 Å². The maximum Gasteiger partial charge on any atom is 0.0234 e. The summed E-state index contributed by atoms with van der Waals surface area (Å²) in [6.07, 6.45) is 1.33. The second-order valence-corrected chi connectivity index (χ2v) is 7.31. The van der Waals surface area contributed by atoms with Gasteiger partial charge in [0.05, 0.1) is 0 Å². The number of nitrogens with zero attached hydrogens (tertiary/aromatic N) is 1. The molecule has 1 aliphatic heterocycles. The van der Waals surface area contributed by atoms with Crippen molar-refractivity contribution in [2.24, 2.45) is 5.92 Å². The Morgan fingerprint density at radius 1 is 1.20 bits per heavy atom. The van der Waals surface area contributed by atoms with Crippen LogP contribution in [-0.2, 0) is 13.1 Å². The van der Waals surface area contributed by atoms with E-state index in [0.717, 1.165) is 19.6 Å². The van der Waals surface area contributed by atoms with Crippen molar-refractivity contribution >= 4 is 11.8 Å². The fraction of sp³-hybridized carbons (Fsp3) is 0.647. The van der Waals surface area contributed by atoms with Crippen molar-refractivity contribution in [2.45, 2.75) is 33.4 Å². The van der Waals surface area contributed by atoms with E-state index in [-0.39, 0.29) is 0 Å². The molecule has 1 saturated heterocycles. The lowest BCUT2D eigenvalue weighted by molar-refractivity contribution is 0.287. The highest BCUT2D eigenvalue weighted by atomic mass is 32.2. The first-order valence-corrected chi connectivity index (χ1v) is 8.98. The summed E-state index contributed by atoms with van der Waals surface area (Å²) in [5.74, 6) is 3.33. The summed E-state index contributed by atoms with van der Waals surface area (Å²) in [7, 11) is 0. The van der Waals surface area contributed by atoms with E-state index < -0.39 is 0 Å². The Morgan fingerprint density at radius 3 is 2.90 bits per heavy atom. The lowest BCUT2D eigenvalue weighted by Gasteiger charge is -2.19. The highest BCUT2D eigenvalue weighted by Gasteiger charge is 2.09. The van der Waals surface area contributed by atoms with Crippen LogP contribution in [0.2, 0.25) is 0 Å². The van der Waals surface area contributed by atoms with Crippen LogP contribution >= 0.6 is 11.8 Å². The molecule has 0 amide bonds. The zero-order valence-corrected chi connectivity index (χ0v) is 13.7. The van der Waals surface area contributed by atoms with Gasteiger partial charge in [0.1, 0.15) is 0 Å². The molecule has 2 nitrogen and oxygen atoms in total. The molecule has 20 heavy (non-hydrogen) atoms. The Labute approximate surface area is 128 Å². The molecule has 112 valence electrons. The predicted octanol–water partition coefficient (Wildman–Crippen LogP) is 3.37.